The maximum absolute atomic E-state index is 10.2. The standard InChI is InChI=1S/C32H29N5/c1-31(2,3)23-8-10-25-26-11-9-24(32(4,5)6)15-29(26)37(28(25)14-23)27-12-7-20(13-21(27)16-33)22-18-35-30(17-34)36-19-22/h7-15,18-19H,1-6H3. The highest BCUT2D eigenvalue weighted by Gasteiger charge is 2.22. The van der Waals surface area contributed by atoms with E-state index < -0.39 is 0 Å². The lowest BCUT2D eigenvalue weighted by Crippen LogP contribution is -2.11. The molecule has 0 aliphatic heterocycles. The van der Waals surface area contributed by atoms with Gasteiger partial charge in [0.15, 0.2) is 0 Å². The molecule has 5 aromatic rings. The molecule has 0 saturated carbocycles. The fourth-order valence-electron chi connectivity index (χ4n) is 4.75. The molecule has 2 aromatic heterocycles. The smallest absolute Gasteiger partial charge is 0.232 e. The summed E-state index contributed by atoms with van der Waals surface area (Å²) in [6.07, 6.45) is 3.24. The van der Waals surface area contributed by atoms with Gasteiger partial charge in [-0.25, -0.2) is 9.97 Å². The molecule has 5 heteroatoms. The van der Waals surface area contributed by atoms with Crippen LogP contribution in [0.1, 0.15) is 64.1 Å². The molecule has 0 radical (unpaired) electrons. The van der Waals surface area contributed by atoms with Gasteiger partial charge in [0.05, 0.1) is 22.3 Å². The van der Waals surface area contributed by atoms with Crippen molar-refractivity contribution < 1.29 is 0 Å². The Balaban J connectivity index is 1.82. The van der Waals surface area contributed by atoms with E-state index in [2.05, 4.69) is 98.5 Å². The molecule has 5 nitrogen and oxygen atoms in total. The number of nitrogens with zero attached hydrogens (tertiary/aromatic N) is 5. The number of nitriles is 2. The summed E-state index contributed by atoms with van der Waals surface area (Å²) < 4.78 is 2.23. The Morgan fingerprint density at radius 2 is 1.19 bits per heavy atom. The van der Waals surface area contributed by atoms with Gasteiger partial charge in [0.1, 0.15) is 12.1 Å². The summed E-state index contributed by atoms with van der Waals surface area (Å²) in [5, 5.41) is 21.6. The van der Waals surface area contributed by atoms with Crippen LogP contribution in [0.2, 0.25) is 0 Å². The molecule has 0 N–H and O–H groups in total. The van der Waals surface area contributed by atoms with Gasteiger partial charge in [-0.05, 0) is 51.8 Å². The van der Waals surface area contributed by atoms with Gasteiger partial charge in [-0.1, -0.05) is 71.9 Å². The number of hydrogen-bond acceptors (Lipinski definition) is 4. The van der Waals surface area contributed by atoms with Crippen LogP contribution in [0.5, 0.6) is 0 Å². The van der Waals surface area contributed by atoms with E-state index >= 15 is 0 Å². The zero-order valence-electron chi connectivity index (χ0n) is 22.1. The average Bonchev–Trinajstić information content (AvgIpc) is 3.20. The van der Waals surface area contributed by atoms with E-state index in [0.29, 0.717) is 5.56 Å². The van der Waals surface area contributed by atoms with E-state index in [1.54, 1.807) is 12.4 Å². The molecule has 0 bridgehead atoms. The van der Waals surface area contributed by atoms with Crippen LogP contribution in [0, 0.1) is 22.7 Å². The van der Waals surface area contributed by atoms with E-state index in [1.807, 2.05) is 24.3 Å². The van der Waals surface area contributed by atoms with Gasteiger partial charge in [-0.3, -0.25) is 0 Å². The van der Waals surface area contributed by atoms with Gasteiger partial charge in [-0.15, -0.1) is 0 Å². The molecule has 0 atom stereocenters. The lowest BCUT2D eigenvalue weighted by Gasteiger charge is -2.20. The maximum Gasteiger partial charge on any atom is 0.232 e. The van der Waals surface area contributed by atoms with Crippen molar-refractivity contribution in [3.05, 3.63) is 89.5 Å². The largest absolute Gasteiger partial charge is 0.308 e. The fraction of sp³-hybridized carbons (Fsp3) is 0.250. The Hall–Kier alpha value is -4.48. The molecule has 3 aromatic carbocycles. The van der Waals surface area contributed by atoms with Crippen molar-refractivity contribution in [2.24, 2.45) is 0 Å². The summed E-state index contributed by atoms with van der Waals surface area (Å²) in [5.41, 5.74) is 7.60. The summed E-state index contributed by atoms with van der Waals surface area (Å²) in [6, 6.07) is 23.6. The fourth-order valence-corrected chi connectivity index (χ4v) is 4.75. The average molecular weight is 484 g/mol. The van der Waals surface area contributed by atoms with Gasteiger partial charge in [0.2, 0.25) is 5.82 Å². The highest BCUT2D eigenvalue weighted by Crippen LogP contribution is 2.38. The lowest BCUT2D eigenvalue weighted by molar-refractivity contribution is 0.591. The Morgan fingerprint density at radius 1 is 0.649 bits per heavy atom. The first-order valence-corrected chi connectivity index (χ1v) is 12.4. The quantitative estimate of drug-likeness (QED) is 0.259. The van der Waals surface area contributed by atoms with Crippen LogP contribution in [0.25, 0.3) is 38.6 Å². The Bertz CT molecular complexity index is 1670. The van der Waals surface area contributed by atoms with Crippen LogP contribution in [-0.4, -0.2) is 14.5 Å². The number of benzene rings is 3. The molecule has 0 aliphatic carbocycles. The van der Waals surface area contributed by atoms with Gasteiger partial charge in [0.25, 0.3) is 0 Å². The minimum atomic E-state index is -0.0104. The first-order chi connectivity index (χ1) is 17.5. The van der Waals surface area contributed by atoms with Crippen LogP contribution in [0.4, 0.5) is 0 Å². The second-order valence-corrected chi connectivity index (χ2v) is 11.6. The van der Waals surface area contributed by atoms with Crippen LogP contribution >= 0.6 is 0 Å². The zero-order chi connectivity index (χ0) is 26.5. The summed E-state index contributed by atoms with van der Waals surface area (Å²) in [5.74, 6) is 0.121. The summed E-state index contributed by atoms with van der Waals surface area (Å²) >= 11 is 0. The molecule has 0 unspecified atom stereocenters. The van der Waals surface area contributed by atoms with Crippen molar-refractivity contribution in [1.82, 2.24) is 14.5 Å². The first-order valence-electron chi connectivity index (χ1n) is 12.4. The summed E-state index contributed by atoms with van der Waals surface area (Å²) in [6.45, 7) is 13.3. The number of fused-ring (bicyclic) bond motifs is 3. The molecule has 0 spiro atoms. The molecule has 0 saturated heterocycles. The molecule has 37 heavy (non-hydrogen) atoms. The molecule has 0 aliphatic rings. The maximum atomic E-state index is 10.2. The van der Waals surface area contributed by atoms with Crippen molar-refractivity contribution in [3.8, 4) is 29.0 Å². The SMILES string of the molecule is CC(C)(C)c1ccc2c3ccc(C(C)(C)C)cc3n(-c3ccc(-c4cnc(C#N)nc4)cc3C#N)c2c1. The van der Waals surface area contributed by atoms with Crippen molar-refractivity contribution in [2.75, 3.05) is 0 Å². The van der Waals surface area contributed by atoms with Gasteiger partial charge < -0.3 is 4.57 Å². The van der Waals surface area contributed by atoms with Crippen LogP contribution in [0.15, 0.2) is 67.0 Å². The van der Waals surface area contributed by atoms with Crippen LogP contribution in [0.3, 0.4) is 0 Å². The van der Waals surface area contributed by atoms with Gasteiger partial charge in [0, 0.05) is 28.7 Å². The minimum absolute atomic E-state index is 0.0104. The van der Waals surface area contributed by atoms with Crippen LogP contribution < -0.4 is 0 Å². The predicted molar refractivity (Wildman–Crippen MR) is 149 cm³/mol. The molecule has 0 fully saturated rings. The third-order valence-electron chi connectivity index (χ3n) is 6.94. The van der Waals surface area contributed by atoms with Gasteiger partial charge in [-0.2, -0.15) is 10.5 Å². The van der Waals surface area contributed by atoms with Crippen molar-refractivity contribution in [3.63, 3.8) is 0 Å². The molecule has 0 amide bonds. The monoisotopic (exact) mass is 483 g/mol. The molecular weight excluding hydrogens is 454 g/mol. The van der Waals surface area contributed by atoms with E-state index in [1.165, 1.54) is 11.1 Å². The number of aromatic nitrogens is 3. The number of rotatable bonds is 2. The van der Waals surface area contributed by atoms with Crippen molar-refractivity contribution in [1.29, 1.82) is 10.5 Å². The molecule has 5 rings (SSSR count). The van der Waals surface area contributed by atoms with Crippen LogP contribution in [-0.2, 0) is 10.8 Å². The summed E-state index contributed by atoms with van der Waals surface area (Å²) in [7, 11) is 0. The van der Waals surface area contributed by atoms with Crippen molar-refractivity contribution >= 4 is 21.8 Å². The Morgan fingerprint density at radius 3 is 1.65 bits per heavy atom. The minimum Gasteiger partial charge on any atom is -0.308 e. The second-order valence-electron chi connectivity index (χ2n) is 11.6. The third-order valence-corrected chi connectivity index (χ3v) is 6.94. The predicted octanol–water partition coefficient (Wildman–Crippen LogP) is 7.58. The molecular formula is C32H29N5. The summed E-state index contributed by atoms with van der Waals surface area (Å²) in [4.78, 5) is 8.18. The van der Waals surface area contributed by atoms with E-state index in [-0.39, 0.29) is 16.7 Å². The number of hydrogen-bond donors (Lipinski definition) is 0. The topological polar surface area (TPSA) is 78.3 Å². The highest BCUT2D eigenvalue weighted by molar-refractivity contribution is 6.10. The highest BCUT2D eigenvalue weighted by atomic mass is 15.0. The lowest BCUT2D eigenvalue weighted by atomic mass is 9.86. The first kappa shape index (κ1) is 24.2. The zero-order valence-corrected chi connectivity index (χ0v) is 22.1. The Labute approximate surface area is 217 Å². The van der Waals surface area contributed by atoms with Gasteiger partial charge >= 0.3 is 0 Å². The Kier molecular flexibility index (Phi) is 5.61. The molecule has 182 valence electrons. The van der Waals surface area contributed by atoms with E-state index in [9.17, 15) is 5.26 Å². The van der Waals surface area contributed by atoms with Crippen molar-refractivity contribution in [2.45, 2.75) is 52.4 Å². The van der Waals surface area contributed by atoms with E-state index in [4.69, 9.17) is 5.26 Å². The normalized spacial score (nSPS) is 12.0. The second kappa shape index (κ2) is 8.57. The van der Waals surface area contributed by atoms with E-state index in [0.717, 1.165) is 38.6 Å². The third kappa shape index (κ3) is 4.24. The molecule has 2 heterocycles.